The van der Waals surface area contributed by atoms with Crippen molar-refractivity contribution in [3.05, 3.63) is 130 Å². The number of aliphatic hydroxyl groups is 1. The number of aliphatic hydroxyl groups excluding tert-OH is 1. The number of Topliss-reactive ketones (excluding diaryl/α,β-unsaturated/α-hetero) is 1. The van der Waals surface area contributed by atoms with Gasteiger partial charge >= 0.3 is 5.91 Å². The highest BCUT2D eigenvalue weighted by Gasteiger charge is 2.48. The van der Waals surface area contributed by atoms with E-state index in [9.17, 15) is 24.2 Å². The Morgan fingerprint density at radius 2 is 1.70 bits per heavy atom. The van der Waals surface area contributed by atoms with Crippen molar-refractivity contribution in [2.45, 2.75) is 29.7 Å². The van der Waals surface area contributed by atoms with E-state index in [2.05, 4.69) is 10.2 Å². The number of carbonyl (C=O) groups excluding carboxylic acids is 2. The Kier molecular flexibility index (Phi) is 9.23. The van der Waals surface area contributed by atoms with Crippen LogP contribution in [0.3, 0.4) is 0 Å². The molecule has 1 aliphatic heterocycles. The summed E-state index contributed by atoms with van der Waals surface area (Å²) in [5.74, 6) is -1.77. The van der Waals surface area contributed by atoms with Crippen molar-refractivity contribution in [1.82, 2.24) is 10.2 Å². The predicted octanol–water partition coefficient (Wildman–Crippen LogP) is 7.20. The summed E-state index contributed by atoms with van der Waals surface area (Å²) in [4.78, 5) is 28.4. The maximum atomic E-state index is 14.2. The van der Waals surface area contributed by atoms with Gasteiger partial charge < -0.3 is 19.7 Å². The fourth-order valence-electron chi connectivity index (χ4n) is 5.12. The number of ketones is 1. The summed E-state index contributed by atoms with van der Waals surface area (Å²) < 4.78 is 25.8. The molecule has 12 heteroatoms. The van der Waals surface area contributed by atoms with Crippen LogP contribution in [0.5, 0.6) is 17.2 Å². The number of carbonyl (C=O) groups is 2. The number of nitrogens with zero attached hydrogens (tertiary/aromatic N) is 3. The standard InChI is InChI=1S/C35H28FN3O6S2/c1-20-7-3-4-8-23(20)18-45-25-14-11-21(12-15-25)31(41)29-30(22-13-16-27(40)28(17-22)44-2)39(33(43)32(29)42)34-37-38-35(47-34)46-19-24-9-5-6-10-26(24)36/h3-17,30,40-41H,18-19H2,1-2H3/b31-29+. The molecule has 238 valence electrons. The summed E-state index contributed by atoms with van der Waals surface area (Å²) in [5, 5.41) is 30.3. The molecule has 0 radical (unpaired) electrons. The van der Waals surface area contributed by atoms with E-state index < -0.39 is 23.5 Å². The highest BCUT2D eigenvalue weighted by Crippen LogP contribution is 2.45. The number of phenols is 1. The molecule has 4 aromatic carbocycles. The van der Waals surface area contributed by atoms with Gasteiger partial charge in [0, 0.05) is 11.3 Å². The molecule has 47 heavy (non-hydrogen) atoms. The van der Waals surface area contributed by atoms with Gasteiger partial charge in [-0.15, -0.1) is 10.2 Å². The Morgan fingerprint density at radius 1 is 0.979 bits per heavy atom. The molecule has 1 amide bonds. The maximum absolute atomic E-state index is 14.2. The molecule has 1 saturated heterocycles. The Labute approximate surface area is 277 Å². The van der Waals surface area contributed by atoms with E-state index in [1.54, 1.807) is 42.5 Å². The molecule has 0 saturated carbocycles. The number of aryl methyl sites for hydroxylation is 1. The second-order valence-electron chi connectivity index (χ2n) is 10.6. The minimum Gasteiger partial charge on any atom is -0.507 e. The van der Waals surface area contributed by atoms with Gasteiger partial charge in [0.2, 0.25) is 5.13 Å². The Balaban J connectivity index is 1.33. The number of ether oxygens (including phenoxy) is 2. The fourth-order valence-corrected chi connectivity index (χ4v) is 6.97. The number of thioether (sulfide) groups is 1. The van der Waals surface area contributed by atoms with Gasteiger partial charge in [0.05, 0.1) is 18.7 Å². The molecule has 0 aliphatic carbocycles. The van der Waals surface area contributed by atoms with Gasteiger partial charge in [-0.2, -0.15) is 0 Å². The molecule has 5 aromatic rings. The lowest BCUT2D eigenvalue weighted by Gasteiger charge is -2.23. The molecular weight excluding hydrogens is 642 g/mol. The van der Waals surface area contributed by atoms with Crippen LogP contribution in [0.15, 0.2) is 101 Å². The molecule has 2 heterocycles. The molecule has 2 N–H and O–H groups in total. The summed E-state index contributed by atoms with van der Waals surface area (Å²) >= 11 is 2.30. The first-order valence-corrected chi connectivity index (χ1v) is 16.2. The second-order valence-corrected chi connectivity index (χ2v) is 12.7. The van der Waals surface area contributed by atoms with Crippen LogP contribution in [0.4, 0.5) is 9.52 Å². The van der Waals surface area contributed by atoms with Crippen molar-refractivity contribution in [1.29, 1.82) is 0 Å². The molecule has 0 bridgehead atoms. The highest BCUT2D eigenvalue weighted by atomic mass is 32.2. The van der Waals surface area contributed by atoms with E-state index in [0.29, 0.717) is 33.4 Å². The smallest absolute Gasteiger partial charge is 0.301 e. The average molecular weight is 670 g/mol. The van der Waals surface area contributed by atoms with E-state index in [1.807, 2.05) is 31.2 Å². The van der Waals surface area contributed by atoms with Crippen LogP contribution in [-0.4, -0.2) is 39.2 Å². The van der Waals surface area contributed by atoms with E-state index in [0.717, 1.165) is 22.5 Å². The average Bonchev–Trinajstić information content (AvgIpc) is 3.65. The highest BCUT2D eigenvalue weighted by molar-refractivity contribution is 8.00. The van der Waals surface area contributed by atoms with Gasteiger partial charge in [-0.05, 0) is 71.6 Å². The van der Waals surface area contributed by atoms with Crippen molar-refractivity contribution in [3.8, 4) is 17.2 Å². The van der Waals surface area contributed by atoms with Gasteiger partial charge in [-0.25, -0.2) is 4.39 Å². The van der Waals surface area contributed by atoms with Crippen molar-refractivity contribution in [2.75, 3.05) is 12.0 Å². The number of rotatable bonds is 10. The predicted molar refractivity (Wildman–Crippen MR) is 177 cm³/mol. The zero-order valence-corrected chi connectivity index (χ0v) is 26.8. The Morgan fingerprint density at radius 3 is 2.43 bits per heavy atom. The van der Waals surface area contributed by atoms with Crippen LogP contribution in [0, 0.1) is 12.7 Å². The summed E-state index contributed by atoms with van der Waals surface area (Å²) in [6.45, 7) is 2.36. The summed E-state index contributed by atoms with van der Waals surface area (Å²) in [5.41, 5.74) is 3.12. The van der Waals surface area contributed by atoms with Crippen LogP contribution < -0.4 is 14.4 Å². The number of anilines is 1. The lowest BCUT2D eigenvalue weighted by atomic mass is 9.95. The summed E-state index contributed by atoms with van der Waals surface area (Å²) in [6, 6.07) is 24.1. The Bertz CT molecular complexity index is 2000. The lowest BCUT2D eigenvalue weighted by molar-refractivity contribution is -0.132. The van der Waals surface area contributed by atoms with Crippen molar-refractivity contribution in [2.24, 2.45) is 0 Å². The maximum Gasteiger partial charge on any atom is 0.301 e. The number of amides is 1. The van der Waals surface area contributed by atoms with Gasteiger partial charge in [0.15, 0.2) is 15.8 Å². The molecule has 0 spiro atoms. The fraction of sp³-hybridized carbons (Fsp3) is 0.143. The third-order valence-electron chi connectivity index (χ3n) is 7.66. The number of aromatic nitrogens is 2. The molecule has 1 fully saturated rings. The van der Waals surface area contributed by atoms with E-state index in [1.165, 1.54) is 48.0 Å². The molecular formula is C35H28FN3O6S2. The molecule has 6 rings (SSSR count). The first-order valence-electron chi connectivity index (χ1n) is 14.4. The van der Waals surface area contributed by atoms with Crippen LogP contribution in [0.1, 0.15) is 33.9 Å². The molecule has 1 aromatic heterocycles. The summed E-state index contributed by atoms with van der Waals surface area (Å²) in [7, 11) is 1.38. The monoisotopic (exact) mass is 669 g/mol. The normalized spacial score (nSPS) is 15.6. The van der Waals surface area contributed by atoms with Crippen LogP contribution >= 0.6 is 23.1 Å². The zero-order valence-electron chi connectivity index (χ0n) is 25.2. The number of hydrogen-bond acceptors (Lipinski definition) is 10. The van der Waals surface area contributed by atoms with Crippen molar-refractivity contribution >= 4 is 45.7 Å². The minimum atomic E-state index is -1.13. The van der Waals surface area contributed by atoms with Crippen LogP contribution in [-0.2, 0) is 21.9 Å². The molecule has 1 atom stereocenters. The van der Waals surface area contributed by atoms with E-state index in [4.69, 9.17) is 9.47 Å². The van der Waals surface area contributed by atoms with Crippen molar-refractivity contribution < 1.29 is 33.7 Å². The largest absolute Gasteiger partial charge is 0.507 e. The second kappa shape index (κ2) is 13.7. The number of benzene rings is 4. The van der Waals surface area contributed by atoms with E-state index in [-0.39, 0.29) is 33.8 Å². The SMILES string of the molecule is COc1cc(C2/C(=C(\O)c3ccc(OCc4ccccc4C)cc3)C(=O)C(=O)N2c2nnc(SCc3ccccc3F)s2)ccc1O. The van der Waals surface area contributed by atoms with Gasteiger partial charge in [0.25, 0.3) is 5.78 Å². The third kappa shape index (κ3) is 6.56. The first-order chi connectivity index (χ1) is 22.7. The number of aromatic hydroxyl groups is 1. The van der Waals surface area contributed by atoms with E-state index >= 15 is 0 Å². The number of phenolic OH excluding ortho intramolecular Hbond substituents is 1. The van der Waals surface area contributed by atoms with Gasteiger partial charge in [-0.1, -0.05) is 71.6 Å². The zero-order chi connectivity index (χ0) is 33.1. The van der Waals surface area contributed by atoms with Crippen LogP contribution in [0.2, 0.25) is 0 Å². The quantitative estimate of drug-likeness (QED) is 0.0523. The lowest BCUT2D eigenvalue weighted by Crippen LogP contribution is -2.29. The topological polar surface area (TPSA) is 122 Å². The molecule has 1 aliphatic rings. The molecule has 9 nitrogen and oxygen atoms in total. The first kappa shape index (κ1) is 31.8. The third-order valence-corrected chi connectivity index (χ3v) is 9.76. The van der Waals surface area contributed by atoms with Crippen LogP contribution in [0.25, 0.3) is 5.76 Å². The summed E-state index contributed by atoms with van der Waals surface area (Å²) in [6.07, 6.45) is 0. The number of methoxy groups -OCH3 is 1. The number of hydrogen-bond donors (Lipinski definition) is 2. The minimum absolute atomic E-state index is 0.110. The molecule has 1 unspecified atom stereocenters. The van der Waals surface area contributed by atoms with Gasteiger partial charge in [0.1, 0.15) is 23.9 Å². The van der Waals surface area contributed by atoms with Gasteiger partial charge in [-0.3, -0.25) is 14.5 Å². The number of halogens is 1. The van der Waals surface area contributed by atoms with Crippen molar-refractivity contribution in [3.63, 3.8) is 0 Å². The Hall–Kier alpha value is -5.20.